The van der Waals surface area contributed by atoms with Crippen molar-refractivity contribution in [2.75, 3.05) is 0 Å². The van der Waals surface area contributed by atoms with Crippen molar-refractivity contribution in [2.45, 2.75) is 52.9 Å². The van der Waals surface area contributed by atoms with E-state index < -0.39 is 0 Å². The minimum absolute atomic E-state index is 0.975. The molecule has 0 spiro atoms. The van der Waals surface area contributed by atoms with Gasteiger partial charge in [-0.3, -0.25) is 0 Å². The molecule has 0 nitrogen and oxygen atoms in total. The standard InChI is InChI=1S/C11H22/c1-4-10(3)11-7-5-9(2)6-8-11/h9-11H,4-8H2,1-3H3/t9?,10-,11?/m1/s1. The van der Waals surface area contributed by atoms with E-state index in [0.29, 0.717) is 0 Å². The van der Waals surface area contributed by atoms with Crippen LogP contribution in [0.5, 0.6) is 0 Å². The molecule has 0 amide bonds. The average molecular weight is 154 g/mol. The molecule has 1 fully saturated rings. The van der Waals surface area contributed by atoms with Crippen LogP contribution >= 0.6 is 0 Å². The zero-order valence-corrected chi connectivity index (χ0v) is 8.27. The molecule has 1 aliphatic rings. The summed E-state index contributed by atoms with van der Waals surface area (Å²) in [5.41, 5.74) is 0. The van der Waals surface area contributed by atoms with E-state index in [1.807, 2.05) is 0 Å². The molecule has 0 aliphatic heterocycles. The van der Waals surface area contributed by atoms with E-state index in [4.69, 9.17) is 0 Å². The first-order valence-electron chi connectivity index (χ1n) is 5.24. The Labute approximate surface area is 71.4 Å². The van der Waals surface area contributed by atoms with Gasteiger partial charge in [-0.25, -0.2) is 0 Å². The lowest BCUT2D eigenvalue weighted by molar-refractivity contribution is 0.219. The molecule has 66 valence electrons. The average Bonchev–Trinajstić information content (AvgIpc) is 2.05. The molecule has 1 saturated carbocycles. The Kier molecular flexibility index (Phi) is 3.42. The van der Waals surface area contributed by atoms with E-state index >= 15 is 0 Å². The van der Waals surface area contributed by atoms with E-state index in [1.165, 1.54) is 32.1 Å². The fraction of sp³-hybridized carbons (Fsp3) is 1.00. The quantitative estimate of drug-likeness (QED) is 0.566. The summed E-state index contributed by atoms with van der Waals surface area (Å²) in [6, 6.07) is 0. The van der Waals surface area contributed by atoms with Crippen molar-refractivity contribution in [3.63, 3.8) is 0 Å². The largest absolute Gasteiger partial charge is 0.0651 e. The van der Waals surface area contributed by atoms with Gasteiger partial charge in [0.2, 0.25) is 0 Å². The molecule has 0 unspecified atom stereocenters. The molecule has 0 aromatic carbocycles. The maximum Gasteiger partial charge on any atom is -0.0388 e. The second-order valence-corrected chi connectivity index (χ2v) is 4.41. The molecular formula is C11H22. The second-order valence-electron chi connectivity index (χ2n) is 4.41. The summed E-state index contributed by atoms with van der Waals surface area (Å²) in [5, 5.41) is 0. The Balaban J connectivity index is 2.27. The third-order valence-corrected chi connectivity index (χ3v) is 3.51. The predicted octanol–water partition coefficient (Wildman–Crippen LogP) is 3.86. The van der Waals surface area contributed by atoms with Crippen molar-refractivity contribution < 1.29 is 0 Å². The molecule has 1 atom stereocenters. The van der Waals surface area contributed by atoms with Crippen molar-refractivity contribution in [1.82, 2.24) is 0 Å². The van der Waals surface area contributed by atoms with E-state index in [0.717, 1.165) is 17.8 Å². The first-order valence-corrected chi connectivity index (χ1v) is 5.24. The van der Waals surface area contributed by atoms with Crippen LogP contribution < -0.4 is 0 Å². The molecule has 0 heteroatoms. The van der Waals surface area contributed by atoms with Gasteiger partial charge in [0.15, 0.2) is 0 Å². The maximum absolute atomic E-state index is 2.42. The second kappa shape index (κ2) is 4.13. The number of rotatable bonds is 2. The minimum Gasteiger partial charge on any atom is -0.0651 e. The Morgan fingerprint density at radius 1 is 1.18 bits per heavy atom. The highest BCUT2D eigenvalue weighted by molar-refractivity contribution is 4.73. The topological polar surface area (TPSA) is 0 Å². The SMILES string of the molecule is CC[C@@H](C)C1CCC(C)CC1. The van der Waals surface area contributed by atoms with Crippen molar-refractivity contribution >= 4 is 0 Å². The highest BCUT2D eigenvalue weighted by Gasteiger charge is 2.21. The molecule has 0 bridgehead atoms. The van der Waals surface area contributed by atoms with Gasteiger partial charge in [-0.1, -0.05) is 40.0 Å². The van der Waals surface area contributed by atoms with Gasteiger partial charge >= 0.3 is 0 Å². The van der Waals surface area contributed by atoms with Crippen molar-refractivity contribution in [1.29, 1.82) is 0 Å². The third kappa shape index (κ3) is 2.50. The predicted molar refractivity (Wildman–Crippen MR) is 50.6 cm³/mol. The first-order chi connectivity index (χ1) is 5.24. The smallest absolute Gasteiger partial charge is 0.0388 e. The molecule has 11 heavy (non-hydrogen) atoms. The molecule has 0 radical (unpaired) electrons. The van der Waals surface area contributed by atoms with Crippen LogP contribution in [0.3, 0.4) is 0 Å². The maximum atomic E-state index is 2.42. The van der Waals surface area contributed by atoms with E-state index in [2.05, 4.69) is 20.8 Å². The molecule has 1 rings (SSSR count). The van der Waals surface area contributed by atoms with Gasteiger partial charge in [-0.2, -0.15) is 0 Å². The van der Waals surface area contributed by atoms with Crippen LogP contribution in [0.4, 0.5) is 0 Å². The Morgan fingerprint density at radius 2 is 1.73 bits per heavy atom. The van der Waals surface area contributed by atoms with Crippen molar-refractivity contribution in [3.8, 4) is 0 Å². The van der Waals surface area contributed by atoms with Crippen LogP contribution in [-0.4, -0.2) is 0 Å². The zero-order chi connectivity index (χ0) is 8.27. The molecule has 0 saturated heterocycles. The van der Waals surface area contributed by atoms with Gasteiger partial charge in [0.05, 0.1) is 0 Å². The molecule has 0 aromatic rings. The Bertz CT molecular complexity index is 98.6. The summed E-state index contributed by atoms with van der Waals surface area (Å²) < 4.78 is 0. The Morgan fingerprint density at radius 3 is 2.18 bits per heavy atom. The van der Waals surface area contributed by atoms with Gasteiger partial charge in [-0.05, 0) is 30.6 Å². The highest BCUT2D eigenvalue weighted by atomic mass is 14.3. The van der Waals surface area contributed by atoms with Crippen LogP contribution in [0.15, 0.2) is 0 Å². The van der Waals surface area contributed by atoms with Gasteiger partial charge in [0.1, 0.15) is 0 Å². The number of hydrogen-bond acceptors (Lipinski definition) is 0. The summed E-state index contributed by atoms with van der Waals surface area (Å²) in [7, 11) is 0. The summed E-state index contributed by atoms with van der Waals surface area (Å²) >= 11 is 0. The van der Waals surface area contributed by atoms with Crippen molar-refractivity contribution in [3.05, 3.63) is 0 Å². The van der Waals surface area contributed by atoms with Crippen LogP contribution in [-0.2, 0) is 0 Å². The lowest BCUT2D eigenvalue weighted by atomic mass is 9.76. The fourth-order valence-corrected chi connectivity index (χ4v) is 2.19. The first kappa shape index (κ1) is 9.09. The molecule has 0 aromatic heterocycles. The molecule has 0 N–H and O–H groups in total. The molecular weight excluding hydrogens is 132 g/mol. The van der Waals surface area contributed by atoms with Gasteiger partial charge in [0, 0.05) is 0 Å². The van der Waals surface area contributed by atoms with E-state index in [-0.39, 0.29) is 0 Å². The summed E-state index contributed by atoms with van der Waals surface area (Å²) in [4.78, 5) is 0. The summed E-state index contributed by atoms with van der Waals surface area (Å²) in [6.45, 7) is 7.14. The van der Waals surface area contributed by atoms with Crippen LogP contribution in [0.1, 0.15) is 52.9 Å². The third-order valence-electron chi connectivity index (χ3n) is 3.51. The zero-order valence-electron chi connectivity index (χ0n) is 8.27. The number of hydrogen-bond donors (Lipinski definition) is 0. The van der Waals surface area contributed by atoms with Crippen LogP contribution in [0, 0.1) is 17.8 Å². The van der Waals surface area contributed by atoms with Crippen LogP contribution in [0.2, 0.25) is 0 Å². The molecule has 1 aliphatic carbocycles. The van der Waals surface area contributed by atoms with E-state index in [1.54, 1.807) is 0 Å². The normalized spacial score (nSPS) is 35.2. The van der Waals surface area contributed by atoms with Gasteiger partial charge < -0.3 is 0 Å². The summed E-state index contributed by atoms with van der Waals surface area (Å²) in [6.07, 6.45) is 7.33. The van der Waals surface area contributed by atoms with Gasteiger partial charge in [-0.15, -0.1) is 0 Å². The lowest BCUT2D eigenvalue weighted by Gasteiger charge is -2.30. The van der Waals surface area contributed by atoms with Crippen molar-refractivity contribution in [2.24, 2.45) is 17.8 Å². The Hall–Kier alpha value is 0. The highest BCUT2D eigenvalue weighted by Crippen LogP contribution is 2.33. The fourth-order valence-electron chi connectivity index (χ4n) is 2.19. The van der Waals surface area contributed by atoms with Crippen LogP contribution in [0.25, 0.3) is 0 Å². The van der Waals surface area contributed by atoms with E-state index in [9.17, 15) is 0 Å². The summed E-state index contributed by atoms with van der Waals surface area (Å²) in [5.74, 6) is 3.04. The minimum atomic E-state index is 0.975. The molecule has 0 heterocycles. The monoisotopic (exact) mass is 154 g/mol. The van der Waals surface area contributed by atoms with Gasteiger partial charge in [0.25, 0.3) is 0 Å². The lowest BCUT2D eigenvalue weighted by Crippen LogP contribution is -2.18.